The van der Waals surface area contributed by atoms with E-state index in [1.54, 1.807) is 0 Å². The number of nitrogens with zero attached hydrogens (tertiary/aromatic N) is 5. The van der Waals surface area contributed by atoms with Gasteiger partial charge in [0.25, 0.3) is 0 Å². The molecular weight excluding hydrogens is 987 g/mol. The van der Waals surface area contributed by atoms with Gasteiger partial charge >= 0.3 is 0 Å². The molecule has 6 nitrogen and oxygen atoms in total. The first-order valence-electron chi connectivity index (χ1n) is 27.4. The Morgan fingerprint density at radius 2 is 0.593 bits per heavy atom. The van der Waals surface area contributed by atoms with Gasteiger partial charge in [-0.1, -0.05) is 224 Å². The number of benzene rings is 12. The zero-order chi connectivity index (χ0) is 53.4. The van der Waals surface area contributed by atoms with Gasteiger partial charge in [0.15, 0.2) is 17.5 Å². The van der Waals surface area contributed by atoms with Crippen molar-refractivity contribution in [3.8, 4) is 90.0 Å². The third kappa shape index (κ3) is 7.68. The molecule has 0 aliphatic carbocycles. The van der Waals surface area contributed by atoms with Crippen LogP contribution in [0.4, 0.5) is 0 Å². The first kappa shape index (κ1) is 46.2. The Morgan fingerprint density at radius 3 is 1.05 bits per heavy atom. The normalized spacial score (nSPS) is 11.7. The van der Waals surface area contributed by atoms with E-state index in [0.717, 1.165) is 138 Å². The second-order valence-corrected chi connectivity index (χ2v) is 20.7. The molecule has 0 spiro atoms. The summed E-state index contributed by atoms with van der Waals surface area (Å²) in [5, 5.41) is 6.58. The highest BCUT2D eigenvalue weighted by atomic mass is 16.3. The van der Waals surface area contributed by atoms with Crippen molar-refractivity contribution in [2.24, 2.45) is 0 Å². The number of para-hydroxylation sites is 3. The molecule has 0 atom stereocenters. The molecule has 0 amide bonds. The summed E-state index contributed by atoms with van der Waals surface area (Å²) in [6, 6.07) is 101. The molecule has 0 fully saturated rings. The van der Waals surface area contributed by atoms with Gasteiger partial charge in [-0.3, -0.25) is 0 Å². The van der Waals surface area contributed by atoms with Crippen LogP contribution in [0.1, 0.15) is 0 Å². The lowest BCUT2D eigenvalue weighted by Gasteiger charge is -2.21. The molecule has 378 valence electrons. The topological polar surface area (TPSA) is 61.7 Å². The van der Waals surface area contributed by atoms with Crippen LogP contribution in [-0.4, -0.2) is 24.1 Å². The average molecular weight is 1030 g/mol. The first-order chi connectivity index (χ1) is 40.2. The van der Waals surface area contributed by atoms with Crippen molar-refractivity contribution >= 4 is 65.6 Å². The summed E-state index contributed by atoms with van der Waals surface area (Å²) in [5.74, 6) is 1.75. The largest absolute Gasteiger partial charge is 0.455 e. The van der Waals surface area contributed by atoms with E-state index < -0.39 is 0 Å². The van der Waals surface area contributed by atoms with E-state index in [-0.39, 0.29) is 0 Å². The van der Waals surface area contributed by atoms with Gasteiger partial charge in [0.2, 0.25) is 0 Å². The lowest BCUT2D eigenvalue weighted by atomic mass is 9.92. The summed E-state index contributed by atoms with van der Waals surface area (Å²) in [4.78, 5) is 16.0. The molecule has 0 saturated heterocycles. The quantitative estimate of drug-likeness (QED) is 0.145. The Hall–Kier alpha value is -11.0. The summed E-state index contributed by atoms with van der Waals surface area (Å²) in [5.41, 5.74) is 19.6. The molecule has 4 heterocycles. The lowest BCUT2D eigenvalue weighted by Crippen LogP contribution is -2.04. The van der Waals surface area contributed by atoms with Crippen LogP contribution in [0.25, 0.3) is 156 Å². The molecule has 0 bridgehead atoms. The second-order valence-electron chi connectivity index (χ2n) is 20.7. The molecular formula is C75H47N5O. The Labute approximate surface area is 466 Å². The fourth-order valence-corrected chi connectivity index (χ4v) is 12.2. The third-order valence-electron chi connectivity index (χ3n) is 16.0. The molecule has 0 saturated carbocycles. The highest BCUT2D eigenvalue weighted by Gasteiger charge is 2.26. The molecule has 0 aliphatic rings. The van der Waals surface area contributed by atoms with Gasteiger partial charge in [0, 0.05) is 55.0 Å². The van der Waals surface area contributed by atoms with Gasteiger partial charge in [-0.2, -0.15) is 0 Å². The fraction of sp³-hybridized carbons (Fsp3) is 0. The number of aromatic nitrogens is 5. The Morgan fingerprint density at radius 1 is 0.247 bits per heavy atom. The summed E-state index contributed by atoms with van der Waals surface area (Å²) in [6.07, 6.45) is 0. The molecule has 4 aromatic heterocycles. The van der Waals surface area contributed by atoms with Crippen molar-refractivity contribution in [2.75, 3.05) is 0 Å². The molecule has 0 N–H and O–H groups in total. The van der Waals surface area contributed by atoms with Crippen LogP contribution in [0.5, 0.6) is 0 Å². The van der Waals surface area contributed by atoms with Gasteiger partial charge in [0.05, 0.1) is 38.5 Å². The fourth-order valence-electron chi connectivity index (χ4n) is 12.2. The minimum absolute atomic E-state index is 0.571. The predicted octanol–water partition coefficient (Wildman–Crippen LogP) is 19.6. The zero-order valence-electron chi connectivity index (χ0n) is 43.8. The van der Waals surface area contributed by atoms with E-state index in [9.17, 15) is 0 Å². The molecule has 16 aromatic rings. The minimum Gasteiger partial charge on any atom is -0.455 e. The maximum absolute atomic E-state index is 7.40. The predicted molar refractivity (Wildman–Crippen MR) is 334 cm³/mol. The maximum Gasteiger partial charge on any atom is 0.164 e. The maximum atomic E-state index is 7.40. The Bertz CT molecular complexity index is 4890. The summed E-state index contributed by atoms with van der Waals surface area (Å²) < 4.78 is 12.2. The molecule has 0 radical (unpaired) electrons. The number of rotatable bonds is 9. The number of hydrogen-bond acceptors (Lipinski definition) is 4. The van der Waals surface area contributed by atoms with Crippen molar-refractivity contribution in [3.63, 3.8) is 0 Å². The number of hydrogen-bond donors (Lipinski definition) is 0. The standard InChI is InChI=1S/C75H47N5O/c1-6-20-48(21-7-1)50-34-38-54(39-35-50)73-76-74(55-40-36-51(37-41-55)49-22-8-2-9-23-49)78-75(77-73)56-46-62(52-24-10-3-11-25-52)70(63(47-56)53-26-12-4-13-27-53)80-65-33-19-17-31-61(65)69-67(80)45-43-59-58-42-44-66-68(71(58)81-72(59)69)60-30-16-18-32-64(60)79(66)57-28-14-5-15-29-57/h1-47H. The Kier molecular flexibility index (Phi) is 10.8. The molecule has 12 aromatic carbocycles. The smallest absolute Gasteiger partial charge is 0.164 e. The highest BCUT2D eigenvalue weighted by Crippen LogP contribution is 2.48. The van der Waals surface area contributed by atoms with Crippen LogP contribution >= 0.6 is 0 Å². The number of furan rings is 1. The van der Waals surface area contributed by atoms with Crippen molar-refractivity contribution in [1.82, 2.24) is 24.1 Å². The SMILES string of the molecule is c1ccc(-c2ccc(-c3nc(-c4ccc(-c5ccccc5)cc4)nc(-c4cc(-c5ccccc5)c(-n5c6ccccc6c6c7oc8c(ccc9c8c8ccccc8n9-c8ccccc8)c7ccc65)c(-c5ccccc5)c4)n3)cc2)cc1. The van der Waals surface area contributed by atoms with Gasteiger partial charge in [0.1, 0.15) is 11.2 Å². The Balaban J connectivity index is 0.945. The van der Waals surface area contributed by atoms with Gasteiger partial charge < -0.3 is 13.6 Å². The summed E-state index contributed by atoms with van der Waals surface area (Å²) in [7, 11) is 0. The van der Waals surface area contributed by atoms with Crippen molar-refractivity contribution in [3.05, 3.63) is 285 Å². The van der Waals surface area contributed by atoms with E-state index >= 15 is 0 Å². The molecule has 0 unspecified atom stereocenters. The third-order valence-corrected chi connectivity index (χ3v) is 16.0. The number of fused-ring (bicyclic) bond motifs is 11. The van der Waals surface area contributed by atoms with E-state index in [2.05, 4.69) is 282 Å². The van der Waals surface area contributed by atoms with Gasteiger partial charge in [-0.05, 0) is 94.0 Å². The van der Waals surface area contributed by atoms with Crippen LogP contribution < -0.4 is 0 Å². The van der Waals surface area contributed by atoms with Crippen LogP contribution in [0.3, 0.4) is 0 Å². The van der Waals surface area contributed by atoms with Crippen LogP contribution in [-0.2, 0) is 0 Å². The molecule has 16 rings (SSSR count). The van der Waals surface area contributed by atoms with E-state index in [1.165, 1.54) is 0 Å². The molecule has 6 heteroatoms. The summed E-state index contributed by atoms with van der Waals surface area (Å²) in [6.45, 7) is 0. The lowest BCUT2D eigenvalue weighted by molar-refractivity contribution is 0.677. The minimum atomic E-state index is 0.571. The average Bonchev–Trinajstić information content (AvgIpc) is 3.77. The van der Waals surface area contributed by atoms with Crippen LogP contribution in [0.15, 0.2) is 290 Å². The highest BCUT2D eigenvalue weighted by molar-refractivity contribution is 6.29. The van der Waals surface area contributed by atoms with E-state index in [1.807, 2.05) is 12.1 Å². The van der Waals surface area contributed by atoms with Gasteiger partial charge in [-0.15, -0.1) is 0 Å². The van der Waals surface area contributed by atoms with Gasteiger partial charge in [-0.25, -0.2) is 15.0 Å². The summed E-state index contributed by atoms with van der Waals surface area (Å²) >= 11 is 0. The first-order valence-corrected chi connectivity index (χ1v) is 27.4. The van der Waals surface area contributed by atoms with Crippen molar-refractivity contribution in [1.29, 1.82) is 0 Å². The van der Waals surface area contributed by atoms with Crippen LogP contribution in [0.2, 0.25) is 0 Å². The molecule has 0 aliphatic heterocycles. The second kappa shape index (κ2) is 18.9. The van der Waals surface area contributed by atoms with E-state index in [0.29, 0.717) is 17.5 Å². The van der Waals surface area contributed by atoms with Crippen molar-refractivity contribution in [2.45, 2.75) is 0 Å². The molecule has 81 heavy (non-hydrogen) atoms. The van der Waals surface area contributed by atoms with Crippen molar-refractivity contribution < 1.29 is 4.42 Å². The zero-order valence-corrected chi connectivity index (χ0v) is 43.8. The van der Waals surface area contributed by atoms with E-state index in [4.69, 9.17) is 19.4 Å². The van der Waals surface area contributed by atoms with Crippen LogP contribution in [0, 0.1) is 0 Å². The monoisotopic (exact) mass is 1030 g/mol.